The minimum atomic E-state index is -0.871. The highest BCUT2D eigenvalue weighted by molar-refractivity contribution is 8.00. The van der Waals surface area contributed by atoms with Crippen LogP contribution in [0, 0.1) is 6.92 Å². The molecule has 0 spiro atoms. The zero-order valence-electron chi connectivity index (χ0n) is 11.4. The summed E-state index contributed by atoms with van der Waals surface area (Å²) in [5.74, 6) is -0.0531. The number of rotatable bonds is 5. The number of thioether (sulfide) groups is 1. The topological polar surface area (TPSA) is 49.3 Å². The second-order valence-electron chi connectivity index (χ2n) is 5.10. The summed E-state index contributed by atoms with van der Waals surface area (Å²) in [6.45, 7) is 7.51. The van der Waals surface area contributed by atoms with Crippen LogP contribution in [0.1, 0.15) is 26.3 Å². The Morgan fingerprint density at radius 2 is 1.94 bits per heavy atom. The first kappa shape index (κ1) is 15.1. The number of nitrogens with one attached hydrogen (secondary N) is 1. The maximum Gasteiger partial charge on any atom is 0.233 e. The van der Waals surface area contributed by atoms with Gasteiger partial charge in [-0.1, -0.05) is 17.7 Å². The molecule has 1 atom stereocenters. The number of aryl methyl sites for hydroxylation is 1. The van der Waals surface area contributed by atoms with E-state index in [1.165, 1.54) is 17.3 Å². The van der Waals surface area contributed by atoms with E-state index in [4.69, 9.17) is 0 Å². The number of hydrogen-bond acceptors (Lipinski definition) is 3. The summed E-state index contributed by atoms with van der Waals surface area (Å²) in [5, 5.41) is 12.1. The van der Waals surface area contributed by atoms with Gasteiger partial charge in [-0.25, -0.2) is 0 Å². The standard InChI is InChI=1S/C14H21NO2S/c1-10-5-7-12(8-6-10)18-11(2)13(16)15-9-14(3,4)17/h5-8,11,17H,9H2,1-4H3,(H,15,16). The summed E-state index contributed by atoms with van der Waals surface area (Å²) in [5.41, 5.74) is 0.336. The van der Waals surface area contributed by atoms with Crippen molar-refractivity contribution in [3.8, 4) is 0 Å². The van der Waals surface area contributed by atoms with Gasteiger partial charge in [0.15, 0.2) is 0 Å². The van der Waals surface area contributed by atoms with E-state index >= 15 is 0 Å². The SMILES string of the molecule is Cc1ccc(SC(C)C(=O)NCC(C)(C)O)cc1. The van der Waals surface area contributed by atoms with Crippen LogP contribution in [0.4, 0.5) is 0 Å². The van der Waals surface area contributed by atoms with Gasteiger partial charge in [-0.3, -0.25) is 4.79 Å². The fourth-order valence-corrected chi connectivity index (χ4v) is 2.21. The van der Waals surface area contributed by atoms with Crippen molar-refractivity contribution in [3.05, 3.63) is 29.8 Å². The lowest BCUT2D eigenvalue weighted by Gasteiger charge is -2.19. The smallest absolute Gasteiger partial charge is 0.233 e. The summed E-state index contributed by atoms with van der Waals surface area (Å²) in [6.07, 6.45) is 0. The van der Waals surface area contributed by atoms with Crippen molar-refractivity contribution < 1.29 is 9.90 Å². The van der Waals surface area contributed by atoms with Gasteiger partial charge in [0.25, 0.3) is 0 Å². The predicted molar refractivity (Wildman–Crippen MR) is 75.8 cm³/mol. The molecule has 0 aliphatic heterocycles. The third-order valence-electron chi connectivity index (χ3n) is 2.40. The molecule has 0 radical (unpaired) electrons. The average Bonchev–Trinajstić information content (AvgIpc) is 2.28. The molecule has 18 heavy (non-hydrogen) atoms. The molecule has 0 aliphatic carbocycles. The first-order valence-corrected chi connectivity index (χ1v) is 6.89. The highest BCUT2D eigenvalue weighted by Crippen LogP contribution is 2.23. The van der Waals surface area contributed by atoms with E-state index in [2.05, 4.69) is 5.32 Å². The van der Waals surface area contributed by atoms with Crippen molar-refractivity contribution in [3.63, 3.8) is 0 Å². The van der Waals surface area contributed by atoms with Gasteiger partial charge in [-0.2, -0.15) is 0 Å². The van der Waals surface area contributed by atoms with E-state index in [1.807, 2.05) is 38.1 Å². The normalized spacial score (nSPS) is 13.2. The number of hydrogen-bond donors (Lipinski definition) is 2. The van der Waals surface area contributed by atoms with Crippen LogP contribution in [-0.2, 0) is 4.79 Å². The third-order valence-corrected chi connectivity index (χ3v) is 3.51. The van der Waals surface area contributed by atoms with E-state index in [0.717, 1.165) is 4.90 Å². The first-order chi connectivity index (χ1) is 8.28. The molecular formula is C14H21NO2S. The lowest BCUT2D eigenvalue weighted by atomic mass is 10.1. The van der Waals surface area contributed by atoms with Gasteiger partial charge >= 0.3 is 0 Å². The van der Waals surface area contributed by atoms with Gasteiger partial charge in [-0.15, -0.1) is 11.8 Å². The Morgan fingerprint density at radius 3 is 2.44 bits per heavy atom. The van der Waals surface area contributed by atoms with E-state index in [9.17, 15) is 9.90 Å². The van der Waals surface area contributed by atoms with Crippen LogP contribution in [0.25, 0.3) is 0 Å². The van der Waals surface area contributed by atoms with Gasteiger partial charge in [0.05, 0.1) is 10.9 Å². The van der Waals surface area contributed by atoms with Crippen molar-refractivity contribution in [2.75, 3.05) is 6.54 Å². The van der Waals surface area contributed by atoms with Crippen LogP contribution >= 0.6 is 11.8 Å². The van der Waals surface area contributed by atoms with E-state index in [-0.39, 0.29) is 17.7 Å². The van der Waals surface area contributed by atoms with Crippen molar-refractivity contribution in [2.45, 2.75) is 43.4 Å². The Kier molecular flexibility index (Phi) is 5.23. The van der Waals surface area contributed by atoms with Crippen LogP contribution in [0.15, 0.2) is 29.2 Å². The maximum absolute atomic E-state index is 11.8. The van der Waals surface area contributed by atoms with E-state index < -0.39 is 5.60 Å². The Balaban J connectivity index is 2.47. The van der Waals surface area contributed by atoms with Gasteiger partial charge in [0.1, 0.15) is 0 Å². The molecule has 100 valence electrons. The van der Waals surface area contributed by atoms with E-state index in [0.29, 0.717) is 0 Å². The Labute approximate surface area is 113 Å². The highest BCUT2D eigenvalue weighted by Gasteiger charge is 2.18. The number of aliphatic hydroxyl groups is 1. The molecule has 3 nitrogen and oxygen atoms in total. The minimum absolute atomic E-state index is 0.0531. The second-order valence-corrected chi connectivity index (χ2v) is 6.52. The number of carbonyl (C=O) groups excluding carboxylic acids is 1. The molecule has 1 unspecified atom stereocenters. The molecule has 0 saturated heterocycles. The zero-order chi connectivity index (χ0) is 13.8. The van der Waals surface area contributed by atoms with Crippen LogP contribution in [0.2, 0.25) is 0 Å². The molecule has 1 amide bonds. The summed E-state index contributed by atoms with van der Waals surface area (Å²) in [6, 6.07) is 8.09. The summed E-state index contributed by atoms with van der Waals surface area (Å²) in [7, 11) is 0. The van der Waals surface area contributed by atoms with Crippen LogP contribution in [-0.4, -0.2) is 28.4 Å². The lowest BCUT2D eigenvalue weighted by molar-refractivity contribution is -0.121. The largest absolute Gasteiger partial charge is 0.389 e. The molecule has 4 heteroatoms. The molecule has 1 aromatic carbocycles. The molecule has 2 N–H and O–H groups in total. The highest BCUT2D eigenvalue weighted by atomic mass is 32.2. The third kappa shape index (κ3) is 5.56. The fourth-order valence-electron chi connectivity index (χ4n) is 1.32. The number of carbonyl (C=O) groups is 1. The Bertz CT molecular complexity index is 395. The molecule has 0 heterocycles. The van der Waals surface area contributed by atoms with Crippen molar-refractivity contribution in [1.82, 2.24) is 5.32 Å². The molecule has 1 rings (SSSR count). The van der Waals surface area contributed by atoms with Gasteiger partial charge in [0, 0.05) is 11.4 Å². The molecule has 0 aromatic heterocycles. The molecule has 0 aliphatic rings. The monoisotopic (exact) mass is 267 g/mol. The first-order valence-electron chi connectivity index (χ1n) is 6.01. The van der Waals surface area contributed by atoms with Crippen LogP contribution < -0.4 is 5.32 Å². The van der Waals surface area contributed by atoms with Crippen molar-refractivity contribution in [1.29, 1.82) is 0 Å². The predicted octanol–water partition coefficient (Wildman–Crippen LogP) is 2.36. The fraction of sp³-hybridized carbons (Fsp3) is 0.500. The minimum Gasteiger partial charge on any atom is -0.389 e. The zero-order valence-corrected chi connectivity index (χ0v) is 12.2. The van der Waals surface area contributed by atoms with Crippen LogP contribution in [0.3, 0.4) is 0 Å². The average molecular weight is 267 g/mol. The molecule has 0 fully saturated rings. The molecule has 0 saturated carbocycles. The molecule has 1 aromatic rings. The summed E-state index contributed by atoms with van der Waals surface area (Å²) in [4.78, 5) is 12.9. The Hall–Kier alpha value is -1.00. The number of benzene rings is 1. The van der Waals surface area contributed by atoms with Crippen molar-refractivity contribution in [2.24, 2.45) is 0 Å². The Morgan fingerprint density at radius 1 is 1.39 bits per heavy atom. The van der Waals surface area contributed by atoms with Crippen molar-refractivity contribution >= 4 is 17.7 Å². The lowest BCUT2D eigenvalue weighted by Crippen LogP contribution is -2.41. The van der Waals surface area contributed by atoms with Gasteiger partial charge in [-0.05, 0) is 39.8 Å². The van der Waals surface area contributed by atoms with Crippen LogP contribution in [0.5, 0.6) is 0 Å². The summed E-state index contributed by atoms with van der Waals surface area (Å²) >= 11 is 1.52. The van der Waals surface area contributed by atoms with Gasteiger partial charge < -0.3 is 10.4 Å². The quantitative estimate of drug-likeness (QED) is 0.805. The summed E-state index contributed by atoms with van der Waals surface area (Å²) < 4.78 is 0. The molecule has 0 bridgehead atoms. The number of amides is 1. The second kappa shape index (κ2) is 6.25. The maximum atomic E-state index is 11.8. The van der Waals surface area contributed by atoms with Gasteiger partial charge in [0.2, 0.25) is 5.91 Å². The van der Waals surface area contributed by atoms with E-state index in [1.54, 1.807) is 13.8 Å². The molecular weight excluding hydrogens is 246 g/mol.